The summed E-state index contributed by atoms with van der Waals surface area (Å²) in [6.45, 7) is 0.484. The van der Waals surface area contributed by atoms with E-state index in [0.29, 0.717) is 23.0 Å². The van der Waals surface area contributed by atoms with E-state index in [0.717, 1.165) is 11.3 Å². The van der Waals surface area contributed by atoms with E-state index in [1.807, 2.05) is 36.2 Å². The van der Waals surface area contributed by atoms with E-state index in [2.05, 4.69) is 0 Å². The highest BCUT2D eigenvalue weighted by Gasteiger charge is 2.10. The molecule has 0 heterocycles. The fourth-order valence-corrected chi connectivity index (χ4v) is 2.41. The number of rotatable bonds is 4. The molecule has 0 radical (unpaired) electrons. The molecule has 0 aliphatic heterocycles. The SMILES string of the molecule is CN(Cc1ccccc1F)c1ccc(Cl)cc1CCl. The van der Waals surface area contributed by atoms with Crippen LogP contribution in [-0.4, -0.2) is 7.05 Å². The lowest BCUT2D eigenvalue weighted by molar-refractivity contribution is 0.608. The van der Waals surface area contributed by atoms with Crippen molar-refractivity contribution in [1.82, 2.24) is 0 Å². The molecule has 0 spiro atoms. The molecule has 0 aliphatic rings. The Balaban J connectivity index is 2.25. The van der Waals surface area contributed by atoms with Gasteiger partial charge in [-0.1, -0.05) is 29.8 Å². The molecule has 1 nitrogen and oxygen atoms in total. The number of halogens is 3. The van der Waals surface area contributed by atoms with Gasteiger partial charge in [-0.3, -0.25) is 0 Å². The fraction of sp³-hybridized carbons (Fsp3) is 0.200. The molecule has 0 atom stereocenters. The average molecular weight is 298 g/mol. The van der Waals surface area contributed by atoms with Crippen molar-refractivity contribution >= 4 is 28.9 Å². The van der Waals surface area contributed by atoms with Crippen molar-refractivity contribution in [2.45, 2.75) is 12.4 Å². The molecule has 100 valence electrons. The summed E-state index contributed by atoms with van der Waals surface area (Å²) in [5, 5.41) is 0.652. The zero-order chi connectivity index (χ0) is 13.8. The van der Waals surface area contributed by atoms with Crippen LogP contribution in [0.5, 0.6) is 0 Å². The molecule has 2 aromatic rings. The standard InChI is InChI=1S/C15H14Cl2FN/c1-19(10-11-4-2-3-5-14(11)18)15-7-6-13(17)8-12(15)9-16/h2-8H,9-10H2,1H3. The molecule has 0 saturated heterocycles. The lowest BCUT2D eigenvalue weighted by Gasteiger charge is -2.22. The van der Waals surface area contributed by atoms with E-state index in [1.54, 1.807) is 12.1 Å². The number of hydrogen-bond acceptors (Lipinski definition) is 1. The van der Waals surface area contributed by atoms with Crippen LogP contribution in [0.2, 0.25) is 5.02 Å². The summed E-state index contributed by atoms with van der Waals surface area (Å²) in [6, 6.07) is 12.3. The minimum Gasteiger partial charge on any atom is -0.370 e. The smallest absolute Gasteiger partial charge is 0.128 e. The fourth-order valence-electron chi connectivity index (χ4n) is 2.00. The van der Waals surface area contributed by atoms with Crippen LogP contribution < -0.4 is 4.90 Å². The molecular weight excluding hydrogens is 284 g/mol. The number of benzene rings is 2. The Morgan fingerprint density at radius 1 is 1.11 bits per heavy atom. The van der Waals surface area contributed by atoms with Gasteiger partial charge in [0, 0.05) is 35.7 Å². The zero-order valence-corrected chi connectivity index (χ0v) is 12.0. The lowest BCUT2D eigenvalue weighted by atomic mass is 10.1. The summed E-state index contributed by atoms with van der Waals surface area (Å²) in [4.78, 5) is 1.96. The van der Waals surface area contributed by atoms with E-state index in [4.69, 9.17) is 23.2 Å². The molecule has 0 N–H and O–H groups in total. The van der Waals surface area contributed by atoms with Crippen LogP contribution in [0, 0.1) is 5.82 Å². The summed E-state index contributed by atoms with van der Waals surface area (Å²) in [5.41, 5.74) is 2.55. The van der Waals surface area contributed by atoms with Gasteiger partial charge in [-0.25, -0.2) is 4.39 Å². The quantitative estimate of drug-likeness (QED) is 0.729. The van der Waals surface area contributed by atoms with Crippen molar-refractivity contribution < 1.29 is 4.39 Å². The molecule has 4 heteroatoms. The van der Waals surface area contributed by atoms with Crippen molar-refractivity contribution in [3.05, 3.63) is 64.4 Å². The van der Waals surface area contributed by atoms with Crippen LogP contribution in [0.4, 0.5) is 10.1 Å². The summed E-state index contributed by atoms with van der Waals surface area (Å²) in [6.07, 6.45) is 0. The highest BCUT2D eigenvalue weighted by molar-refractivity contribution is 6.30. The third kappa shape index (κ3) is 3.40. The van der Waals surface area contributed by atoms with Gasteiger partial charge in [-0.15, -0.1) is 11.6 Å². The van der Waals surface area contributed by atoms with Crippen LogP contribution in [0.1, 0.15) is 11.1 Å². The summed E-state index contributed by atoms with van der Waals surface area (Å²) in [5.74, 6) is 0.174. The van der Waals surface area contributed by atoms with Crippen molar-refractivity contribution in [2.24, 2.45) is 0 Å². The van der Waals surface area contributed by atoms with E-state index < -0.39 is 0 Å². The van der Waals surface area contributed by atoms with E-state index >= 15 is 0 Å². The predicted octanol–water partition coefficient (Wildman–Crippen LogP) is 4.85. The first kappa shape index (κ1) is 14.2. The summed E-state index contributed by atoms with van der Waals surface area (Å²) < 4.78 is 13.6. The minimum atomic E-state index is -0.198. The van der Waals surface area contributed by atoms with Gasteiger partial charge in [0.1, 0.15) is 5.82 Å². The zero-order valence-electron chi connectivity index (χ0n) is 10.5. The van der Waals surface area contributed by atoms with E-state index in [9.17, 15) is 4.39 Å². The van der Waals surface area contributed by atoms with Gasteiger partial charge in [0.15, 0.2) is 0 Å². The molecule has 2 rings (SSSR count). The first-order chi connectivity index (χ1) is 9.11. The van der Waals surface area contributed by atoms with Crippen LogP contribution in [0.25, 0.3) is 0 Å². The van der Waals surface area contributed by atoms with Gasteiger partial charge in [-0.05, 0) is 29.8 Å². The Hall–Kier alpha value is -1.25. The molecule has 0 aromatic heterocycles. The van der Waals surface area contributed by atoms with Crippen molar-refractivity contribution in [3.63, 3.8) is 0 Å². The van der Waals surface area contributed by atoms with Crippen molar-refractivity contribution in [3.8, 4) is 0 Å². The Bertz CT molecular complexity index is 572. The summed E-state index contributed by atoms with van der Waals surface area (Å²) in [7, 11) is 1.91. The maximum atomic E-state index is 13.6. The number of hydrogen-bond donors (Lipinski definition) is 0. The predicted molar refractivity (Wildman–Crippen MR) is 79.5 cm³/mol. The average Bonchev–Trinajstić information content (AvgIpc) is 2.41. The van der Waals surface area contributed by atoms with E-state index in [-0.39, 0.29) is 5.82 Å². The molecule has 19 heavy (non-hydrogen) atoms. The molecule has 0 fully saturated rings. The van der Waals surface area contributed by atoms with E-state index in [1.165, 1.54) is 6.07 Å². The van der Waals surface area contributed by atoms with Crippen LogP contribution in [-0.2, 0) is 12.4 Å². The Labute approximate surface area is 122 Å². The van der Waals surface area contributed by atoms with Crippen LogP contribution in [0.3, 0.4) is 0 Å². The molecule has 2 aromatic carbocycles. The second-order valence-electron chi connectivity index (χ2n) is 4.35. The van der Waals surface area contributed by atoms with Crippen LogP contribution in [0.15, 0.2) is 42.5 Å². The Kier molecular flexibility index (Phi) is 4.67. The first-order valence-electron chi connectivity index (χ1n) is 5.90. The molecule has 0 bridgehead atoms. The molecule has 0 unspecified atom stereocenters. The second-order valence-corrected chi connectivity index (χ2v) is 5.06. The number of anilines is 1. The van der Waals surface area contributed by atoms with Gasteiger partial charge >= 0.3 is 0 Å². The normalized spacial score (nSPS) is 10.5. The lowest BCUT2D eigenvalue weighted by Crippen LogP contribution is -2.18. The van der Waals surface area contributed by atoms with Crippen molar-refractivity contribution in [2.75, 3.05) is 11.9 Å². The van der Waals surface area contributed by atoms with Gasteiger partial charge in [0.2, 0.25) is 0 Å². The number of alkyl halides is 1. The van der Waals surface area contributed by atoms with Gasteiger partial charge in [-0.2, -0.15) is 0 Å². The topological polar surface area (TPSA) is 3.24 Å². The van der Waals surface area contributed by atoms with Crippen LogP contribution >= 0.6 is 23.2 Å². The first-order valence-corrected chi connectivity index (χ1v) is 6.82. The second kappa shape index (κ2) is 6.27. The largest absolute Gasteiger partial charge is 0.370 e. The summed E-state index contributed by atoms with van der Waals surface area (Å²) >= 11 is 11.9. The van der Waals surface area contributed by atoms with Gasteiger partial charge < -0.3 is 4.90 Å². The molecular formula is C15H14Cl2FN. The monoisotopic (exact) mass is 297 g/mol. The number of nitrogens with zero attached hydrogens (tertiary/aromatic N) is 1. The molecule has 0 aliphatic carbocycles. The molecule has 0 amide bonds. The Morgan fingerprint density at radius 2 is 1.84 bits per heavy atom. The maximum absolute atomic E-state index is 13.6. The van der Waals surface area contributed by atoms with Crippen molar-refractivity contribution in [1.29, 1.82) is 0 Å². The maximum Gasteiger partial charge on any atom is 0.128 e. The Morgan fingerprint density at radius 3 is 2.53 bits per heavy atom. The minimum absolute atomic E-state index is 0.198. The highest BCUT2D eigenvalue weighted by Crippen LogP contribution is 2.26. The van der Waals surface area contributed by atoms with Gasteiger partial charge in [0.05, 0.1) is 0 Å². The third-order valence-electron chi connectivity index (χ3n) is 2.96. The highest BCUT2D eigenvalue weighted by atomic mass is 35.5. The third-order valence-corrected chi connectivity index (χ3v) is 3.49. The molecule has 0 saturated carbocycles. The van der Waals surface area contributed by atoms with Gasteiger partial charge in [0.25, 0.3) is 0 Å².